The molecule has 0 radical (unpaired) electrons. The van der Waals surface area contributed by atoms with Crippen LogP contribution in [0.2, 0.25) is 0 Å². The van der Waals surface area contributed by atoms with E-state index in [2.05, 4.69) is 16.4 Å². The normalized spacial score (nSPS) is 10.0. The third-order valence-corrected chi connectivity index (χ3v) is 1.83. The Bertz CT molecular complexity index is 248. The van der Waals surface area contributed by atoms with Crippen LogP contribution in [0.25, 0.3) is 0 Å². The largest absolute Gasteiger partial charge is 0.384 e. The molecule has 1 aromatic heterocycles. The van der Waals surface area contributed by atoms with Crippen molar-refractivity contribution in [1.82, 2.24) is 4.98 Å². The van der Waals surface area contributed by atoms with E-state index < -0.39 is 0 Å². The summed E-state index contributed by atoms with van der Waals surface area (Å²) in [5, 5.41) is 3.30. The zero-order chi connectivity index (χ0) is 9.52. The van der Waals surface area contributed by atoms with Gasteiger partial charge in [0.15, 0.2) is 0 Å². The lowest BCUT2D eigenvalue weighted by atomic mass is 10.3. The predicted octanol–water partition coefficient (Wildman–Crippen LogP) is 1.54. The van der Waals surface area contributed by atoms with Gasteiger partial charge in [0, 0.05) is 18.9 Å². The highest BCUT2D eigenvalue weighted by atomic mass is 14.9. The highest BCUT2D eigenvalue weighted by Gasteiger charge is 1.91. The third-order valence-electron chi connectivity index (χ3n) is 1.83. The number of pyridine rings is 1. The lowest BCUT2D eigenvalue weighted by Crippen LogP contribution is -2.05. The van der Waals surface area contributed by atoms with Gasteiger partial charge in [-0.1, -0.05) is 0 Å². The Labute approximate surface area is 79.4 Å². The number of nitrogens with zero attached hydrogens (tertiary/aromatic N) is 1. The van der Waals surface area contributed by atoms with Crippen molar-refractivity contribution in [2.24, 2.45) is 5.73 Å². The van der Waals surface area contributed by atoms with Gasteiger partial charge in [0.25, 0.3) is 0 Å². The molecular formula is C10H17N3. The van der Waals surface area contributed by atoms with E-state index in [1.54, 1.807) is 0 Å². The molecule has 0 aliphatic rings. The van der Waals surface area contributed by atoms with Crippen LogP contribution in [0, 0.1) is 6.92 Å². The fourth-order valence-electron chi connectivity index (χ4n) is 1.15. The quantitative estimate of drug-likeness (QED) is 0.674. The minimum absolute atomic E-state index is 0.772. The number of hydrogen-bond acceptors (Lipinski definition) is 3. The van der Waals surface area contributed by atoms with E-state index in [0.29, 0.717) is 0 Å². The topological polar surface area (TPSA) is 50.9 Å². The molecule has 3 heteroatoms. The Morgan fingerprint density at radius 3 is 2.92 bits per heavy atom. The van der Waals surface area contributed by atoms with Crippen LogP contribution in [0.3, 0.4) is 0 Å². The van der Waals surface area contributed by atoms with E-state index in [0.717, 1.165) is 31.6 Å². The van der Waals surface area contributed by atoms with Gasteiger partial charge in [-0.2, -0.15) is 0 Å². The van der Waals surface area contributed by atoms with Crippen molar-refractivity contribution in [2.45, 2.75) is 19.8 Å². The summed E-state index contributed by atoms with van der Waals surface area (Å²) >= 11 is 0. The maximum atomic E-state index is 5.39. The molecule has 0 amide bonds. The van der Waals surface area contributed by atoms with Gasteiger partial charge < -0.3 is 11.1 Å². The fourth-order valence-corrected chi connectivity index (χ4v) is 1.15. The number of nitrogens with one attached hydrogen (secondary N) is 1. The van der Waals surface area contributed by atoms with Gasteiger partial charge in [-0.3, -0.25) is 4.98 Å². The molecule has 0 aromatic carbocycles. The molecule has 1 heterocycles. The average Bonchev–Trinajstić information content (AvgIpc) is 2.13. The van der Waals surface area contributed by atoms with E-state index in [4.69, 9.17) is 5.73 Å². The molecule has 72 valence electrons. The molecule has 0 unspecified atom stereocenters. The van der Waals surface area contributed by atoms with Crippen molar-refractivity contribution < 1.29 is 0 Å². The monoisotopic (exact) mass is 179 g/mol. The minimum Gasteiger partial charge on any atom is -0.384 e. The van der Waals surface area contributed by atoms with Gasteiger partial charge in [0.2, 0.25) is 0 Å². The van der Waals surface area contributed by atoms with Crippen LogP contribution in [-0.4, -0.2) is 18.1 Å². The molecule has 3 nitrogen and oxygen atoms in total. The Kier molecular flexibility index (Phi) is 4.26. The van der Waals surface area contributed by atoms with E-state index >= 15 is 0 Å². The molecule has 0 saturated heterocycles. The first-order valence-electron chi connectivity index (χ1n) is 4.68. The van der Waals surface area contributed by atoms with Crippen molar-refractivity contribution in [3.05, 3.63) is 24.0 Å². The zero-order valence-corrected chi connectivity index (χ0v) is 8.09. The van der Waals surface area contributed by atoms with E-state index in [1.165, 1.54) is 5.56 Å². The highest BCUT2D eigenvalue weighted by Crippen LogP contribution is 2.06. The Hall–Kier alpha value is -1.09. The summed E-state index contributed by atoms with van der Waals surface area (Å²) in [4.78, 5) is 4.10. The van der Waals surface area contributed by atoms with Crippen LogP contribution >= 0.6 is 0 Å². The van der Waals surface area contributed by atoms with E-state index in [-0.39, 0.29) is 0 Å². The summed E-state index contributed by atoms with van der Waals surface area (Å²) in [5.74, 6) is 0. The summed E-state index contributed by atoms with van der Waals surface area (Å²) in [6.07, 6.45) is 5.89. The first-order valence-corrected chi connectivity index (χ1v) is 4.68. The number of aromatic nitrogens is 1. The fraction of sp³-hybridized carbons (Fsp3) is 0.500. The molecule has 1 rings (SSSR count). The average molecular weight is 179 g/mol. The second kappa shape index (κ2) is 5.54. The van der Waals surface area contributed by atoms with Crippen LogP contribution in [-0.2, 0) is 0 Å². The zero-order valence-electron chi connectivity index (χ0n) is 8.09. The molecule has 3 N–H and O–H groups in total. The van der Waals surface area contributed by atoms with Crippen LogP contribution in [0.5, 0.6) is 0 Å². The summed E-state index contributed by atoms with van der Waals surface area (Å²) in [7, 11) is 0. The van der Waals surface area contributed by atoms with Crippen molar-refractivity contribution in [3.63, 3.8) is 0 Å². The van der Waals surface area contributed by atoms with Crippen LogP contribution in [0.4, 0.5) is 5.69 Å². The minimum atomic E-state index is 0.772. The number of rotatable bonds is 5. The molecule has 13 heavy (non-hydrogen) atoms. The summed E-state index contributed by atoms with van der Waals surface area (Å²) in [6.45, 7) is 3.79. The summed E-state index contributed by atoms with van der Waals surface area (Å²) in [6, 6.07) is 2.09. The van der Waals surface area contributed by atoms with Gasteiger partial charge >= 0.3 is 0 Å². The molecule has 1 aromatic rings. The van der Waals surface area contributed by atoms with Crippen molar-refractivity contribution in [3.8, 4) is 0 Å². The molecule has 0 aliphatic heterocycles. The maximum absolute atomic E-state index is 5.39. The van der Waals surface area contributed by atoms with Crippen molar-refractivity contribution >= 4 is 5.69 Å². The van der Waals surface area contributed by atoms with Gasteiger partial charge in [-0.05, 0) is 37.9 Å². The standard InChI is InChI=1S/C10H17N3/c1-9-6-10(8-12-7-9)13-5-3-2-4-11/h6-8,13H,2-5,11H2,1H3. The van der Waals surface area contributed by atoms with Crippen molar-refractivity contribution in [1.29, 1.82) is 0 Å². The van der Waals surface area contributed by atoms with Gasteiger partial charge in [-0.25, -0.2) is 0 Å². The molecule has 0 bridgehead atoms. The first-order chi connectivity index (χ1) is 6.33. The number of nitrogens with two attached hydrogens (primary N) is 1. The molecular weight excluding hydrogens is 162 g/mol. The van der Waals surface area contributed by atoms with Gasteiger partial charge in [-0.15, -0.1) is 0 Å². The predicted molar refractivity (Wildman–Crippen MR) is 55.8 cm³/mol. The van der Waals surface area contributed by atoms with Crippen molar-refractivity contribution in [2.75, 3.05) is 18.4 Å². The Morgan fingerprint density at radius 1 is 1.38 bits per heavy atom. The van der Waals surface area contributed by atoms with Gasteiger partial charge in [0.1, 0.15) is 0 Å². The van der Waals surface area contributed by atoms with Crippen LogP contribution in [0.1, 0.15) is 18.4 Å². The summed E-state index contributed by atoms with van der Waals surface area (Å²) < 4.78 is 0. The SMILES string of the molecule is Cc1cncc(NCCCCN)c1. The first kappa shape index (κ1) is 9.99. The van der Waals surface area contributed by atoms with E-state index in [9.17, 15) is 0 Å². The van der Waals surface area contributed by atoms with Gasteiger partial charge in [0.05, 0.1) is 5.69 Å². The number of hydrogen-bond donors (Lipinski definition) is 2. The maximum Gasteiger partial charge on any atom is 0.0529 e. The molecule has 0 aliphatic carbocycles. The number of anilines is 1. The lowest BCUT2D eigenvalue weighted by molar-refractivity contribution is 0.774. The highest BCUT2D eigenvalue weighted by molar-refractivity contribution is 5.42. The smallest absolute Gasteiger partial charge is 0.0529 e. The second-order valence-electron chi connectivity index (χ2n) is 3.17. The second-order valence-corrected chi connectivity index (χ2v) is 3.17. The number of aryl methyl sites for hydroxylation is 1. The molecule has 0 saturated carbocycles. The molecule has 0 spiro atoms. The van der Waals surface area contributed by atoms with E-state index in [1.807, 2.05) is 19.3 Å². The van der Waals surface area contributed by atoms with Crippen LogP contribution < -0.4 is 11.1 Å². The Morgan fingerprint density at radius 2 is 2.23 bits per heavy atom. The molecule has 0 fully saturated rings. The number of unbranched alkanes of at least 4 members (excludes halogenated alkanes) is 1. The van der Waals surface area contributed by atoms with Crippen LogP contribution in [0.15, 0.2) is 18.5 Å². The molecule has 0 atom stereocenters. The summed E-state index contributed by atoms with van der Waals surface area (Å²) in [5.41, 5.74) is 7.67. The third kappa shape index (κ3) is 3.90. The Balaban J connectivity index is 2.28. The lowest BCUT2D eigenvalue weighted by Gasteiger charge is -2.05.